The third-order valence-electron chi connectivity index (χ3n) is 4.40. The van der Waals surface area contributed by atoms with Gasteiger partial charge in [0.05, 0.1) is 29.1 Å². The molecule has 1 unspecified atom stereocenters. The quantitative estimate of drug-likeness (QED) is 0.796. The maximum absolute atomic E-state index is 11.6. The number of hydrogen-bond donors (Lipinski definition) is 0. The highest BCUT2D eigenvalue weighted by Crippen LogP contribution is 2.39. The van der Waals surface area contributed by atoms with Crippen molar-refractivity contribution < 1.29 is 8.42 Å². The minimum atomic E-state index is -2.94. The molecule has 20 heavy (non-hydrogen) atoms. The fourth-order valence-corrected chi connectivity index (χ4v) is 5.69. The highest BCUT2D eigenvalue weighted by Gasteiger charge is 2.33. The van der Waals surface area contributed by atoms with Crippen molar-refractivity contribution in [3.63, 3.8) is 0 Å². The Morgan fingerprint density at radius 3 is 2.50 bits per heavy atom. The van der Waals surface area contributed by atoms with E-state index >= 15 is 0 Å². The first kappa shape index (κ1) is 14.7. The first-order valence-electron chi connectivity index (χ1n) is 7.05. The van der Waals surface area contributed by atoms with Crippen LogP contribution in [0.25, 0.3) is 0 Å². The van der Waals surface area contributed by atoms with Gasteiger partial charge in [-0.2, -0.15) is 5.10 Å². The van der Waals surface area contributed by atoms with E-state index in [0.717, 1.165) is 24.1 Å². The van der Waals surface area contributed by atoms with Gasteiger partial charge in [-0.15, -0.1) is 11.6 Å². The zero-order valence-electron chi connectivity index (χ0n) is 11.2. The summed E-state index contributed by atoms with van der Waals surface area (Å²) in [5.41, 5.74) is 1.89. The molecule has 0 radical (unpaired) electrons. The normalized spacial score (nSPS) is 26.4. The molecule has 7 heteroatoms. The van der Waals surface area contributed by atoms with Crippen LogP contribution in [0.4, 0.5) is 0 Å². The molecule has 1 aromatic rings. The van der Waals surface area contributed by atoms with Crippen LogP contribution >= 0.6 is 23.2 Å². The van der Waals surface area contributed by atoms with Crippen LogP contribution < -0.4 is 0 Å². The third kappa shape index (κ3) is 2.60. The van der Waals surface area contributed by atoms with Gasteiger partial charge in [0.2, 0.25) is 0 Å². The van der Waals surface area contributed by atoms with Crippen molar-refractivity contribution in [1.82, 2.24) is 9.78 Å². The van der Waals surface area contributed by atoms with Crippen molar-refractivity contribution >= 4 is 33.0 Å². The fraction of sp³-hybridized carbons (Fsp3) is 0.769. The van der Waals surface area contributed by atoms with Crippen LogP contribution in [0.3, 0.4) is 0 Å². The van der Waals surface area contributed by atoms with Gasteiger partial charge in [-0.25, -0.2) is 13.1 Å². The van der Waals surface area contributed by atoms with E-state index in [9.17, 15) is 8.42 Å². The molecular formula is C13H18Cl2N2O2S. The number of rotatable bonds is 3. The third-order valence-corrected chi connectivity index (χ3v) is 6.82. The number of nitrogens with zero attached hydrogens (tertiary/aromatic N) is 2. The Morgan fingerprint density at radius 1 is 1.25 bits per heavy atom. The molecule has 0 amide bonds. The highest BCUT2D eigenvalue weighted by molar-refractivity contribution is 7.91. The predicted molar refractivity (Wildman–Crippen MR) is 80.3 cm³/mol. The Morgan fingerprint density at radius 2 is 1.95 bits per heavy atom. The van der Waals surface area contributed by atoms with Crippen molar-refractivity contribution in [2.75, 3.05) is 11.5 Å². The molecule has 1 aliphatic carbocycles. The van der Waals surface area contributed by atoms with E-state index in [-0.39, 0.29) is 17.5 Å². The number of sulfone groups is 1. The smallest absolute Gasteiger partial charge is 0.152 e. The molecule has 1 atom stereocenters. The minimum Gasteiger partial charge on any atom is -0.249 e. The van der Waals surface area contributed by atoms with Gasteiger partial charge < -0.3 is 0 Å². The highest BCUT2D eigenvalue weighted by atomic mass is 35.5. The number of alkyl halides is 1. The van der Waals surface area contributed by atoms with E-state index in [0.29, 0.717) is 23.4 Å². The van der Waals surface area contributed by atoms with Crippen LogP contribution in [0.15, 0.2) is 0 Å². The maximum atomic E-state index is 11.6. The Kier molecular flexibility index (Phi) is 4.04. The van der Waals surface area contributed by atoms with Gasteiger partial charge in [0, 0.05) is 11.5 Å². The zero-order chi connectivity index (χ0) is 14.3. The van der Waals surface area contributed by atoms with Crippen molar-refractivity contribution in [3.8, 4) is 0 Å². The molecule has 0 bridgehead atoms. The lowest BCUT2D eigenvalue weighted by molar-refractivity contribution is 0.490. The summed E-state index contributed by atoms with van der Waals surface area (Å²) in [5, 5.41) is 5.18. The summed E-state index contributed by atoms with van der Waals surface area (Å²) in [6.07, 6.45) is 5.28. The van der Waals surface area contributed by atoms with Gasteiger partial charge in [-0.3, -0.25) is 0 Å². The summed E-state index contributed by atoms with van der Waals surface area (Å²) in [7, 11) is -2.94. The van der Waals surface area contributed by atoms with Gasteiger partial charge in [-0.1, -0.05) is 24.4 Å². The Hall–Kier alpha value is -0.260. The SMILES string of the molecule is O=S1(=O)CCC(n2nc(C3CCCC3)c(CCl)c2Cl)C1. The first-order chi connectivity index (χ1) is 9.52. The van der Waals surface area contributed by atoms with E-state index in [4.69, 9.17) is 23.2 Å². The molecule has 1 saturated carbocycles. The van der Waals surface area contributed by atoms with Crippen LogP contribution in [0, 0.1) is 0 Å². The summed E-state index contributed by atoms with van der Waals surface area (Å²) in [4.78, 5) is 0. The van der Waals surface area contributed by atoms with Crippen LogP contribution in [0.5, 0.6) is 0 Å². The lowest BCUT2D eigenvalue weighted by atomic mass is 10.0. The number of hydrogen-bond acceptors (Lipinski definition) is 3. The monoisotopic (exact) mass is 336 g/mol. The van der Waals surface area contributed by atoms with E-state index in [1.165, 1.54) is 12.8 Å². The standard InChI is InChI=1S/C13H18Cl2N2O2S/c14-7-11-12(9-3-1-2-4-9)16-17(13(11)15)10-5-6-20(18,19)8-10/h9-10H,1-8H2. The number of halogens is 2. The summed E-state index contributed by atoms with van der Waals surface area (Å²) in [5.74, 6) is 1.13. The second-order valence-corrected chi connectivity index (χ2v) is 8.63. The van der Waals surface area contributed by atoms with Gasteiger partial charge in [0.1, 0.15) is 5.15 Å². The van der Waals surface area contributed by atoms with Crippen molar-refractivity contribution in [2.45, 2.75) is 49.9 Å². The average Bonchev–Trinajstić information content (AvgIpc) is 3.08. The molecule has 0 spiro atoms. The lowest BCUT2D eigenvalue weighted by Gasteiger charge is -2.10. The average molecular weight is 337 g/mol. The van der Waals surface area contributed by atoms with Crippen molar-refractivity contribution in [3.05, 3.63) is 16.4 Å². The summed E-state index contributed by atoms with van der Waals surface area (Å²) in [6.45, 7) is 0. The summed E-state index contributed by atoms with van der Waals surface area (Å²) >= 11 is 12.4. The molecule has 1 aromatic heterocycles. The second-order valence-electron chi connectivity index (χ2n) is 5.77. The van der Waals surface area contributed by atoms with Crippen LogP contribution in [0.2, 0.25) is 5.15 Å². The van der Waals surface area contributed by atoms with E-state index < -0.39 is 9.84 Å². The van der Waals surface area contributed by atoms with Crippen molar-refractivity contribution in [2.24, 2.45) is 0 Å². The largest absolute Gasteiger partial charge is 0.249 e. The molecule has 0 N–H and O–H groups in total. The maximum Gasteiger partial charge on any atom is 0.152 e. The lowest BCUT2D eigenvalue weighted by Crippen LogP contribution is -2.13. The second kappa shape index (κ2) is 5.50. The molecule has 1 saturated heterocycles. The molecule has 1 aliphatic heterocycles. The topological polar surface area (TPSA) is 52.0 Å². The molecule has 2 heterocycles. The van der Waals surface area contributed by atoms with E-state index in [1.54, 1.807) is 4.68 Å². The molecule has 112 valence electrons. The zero-order valence-corrected chi connectivity index (χ0v) is 13.5. The predicted octanol–water partition coefficient (Wildman–Crippen LogP) is 3.29. The van der Waals surface area contributed by atoms with Crippen LogP contribution in [-0.4, -0.2) is 29.7 Å². The molecule has 3 rings (SSSR count). The molecule has 2 aliphatic rings. The summed E-state index contributed by atoms with van der Waals surface area (Å²) < 4.78 is 25.0. The Labute approximate surface area is 129 Å². The Bertz CT molecular complexity index is 606. The van der Waals surface area contributed by atoms with Gasteiger partial charge in [0.25, 0.3) is 0 Å². The van der Waals surface area contributed by atoms with E-state index in [1.807, 2.05) is 0 Å². The van der Waals surface area contributed by atoms with Gasteiger partial charge >= 0.3 is 0 Å². The molecule has 0 aromatic carbocycles. The minimum absolute atomic E-state index is 0.135. The Balaban J connectivity index is 1.96. The molecule has 2 fully saturated rings. The van der Waals surface area contributed by atoms with Gasteiger partial charge in [0.15, 0.2) is 9.84 Å². The fourth-order valence-electron chi connectivity index (χ4n) is 3.33. The molecule has 4 nitrogen and oxygen atoms in total. The van der Waals surface area contributed by atoms with Crippen LogP contribution in [-0.2, 0) is 15.7 Å². The van der Waals surface area contributed by atoms with Crippen molar-refractivity contribution in [1.29, 1.82) is 0 Å². The van der Waals surface area contributed by atoms with Gasteiger partial charge in [-0.05, 0) is 19.3 Å². The van der Waals surface area contributed by atoms with Crippen LogP contribution in [0.1, 0.15) is 55.3 Å². The summed E-state index contributed by atoms with van der Waals surface area (Å²) in [6, 6.07) is -0.135. The first-order valence-corrected chi connectivity index (χ1v) is 9.78. The van der Waals surface area contributed by atoms with E-state index in [2.05, 4.69) is 5.10 Å². The molecular weight excluding hydrogens is 319 g/mol. The number of aromatic nitrogens is 2.